The van der Waals surface area contributed by atoms with E-state index in [1.54, 1.807) is 6.92 Å². The summed E-state index contributed by atoms with van der Waals surface area (Å²) in [6, 6.07) is -0.235. The number of halogens is 5. The van der Waals surface area contributed by atoms with Crippen molar-refractivity contribution >= 4 is 0 Å². The fourth-order valence-electron chi connectivity index (χ4n) is 2.33. The zero-order valence-electron chi connectivity index (χ0n) is 10.7. The van der Waals surface area contributed by atoms with Crippen LogP contribution in [0.3, 0.4) is 0 Å². The van der Waals surface area contributed by atoms with Crippen molar-refractivity contribution in [2.45, 2.75) is 19.5 Å². The molecule has 1 aromatic carbocycles. The van der Waals surface area contributed by atoms with Gasteiger partial charge in [-0.1, -0.05) is 0 Å². The van der Waals surface area contributed by atoms with Crippen molar-refractivity contribution in [1.29, 1.82) is 0 Å². The Morgan fingerprint density at radius 1 is 0.952 bits per heavy atom. The Kier molecular flexibility index (Phi) is 3.16. The van der Waals surface area contributed by atoms with Crippen molar-refractivity contribution in [3.05, 3.63) is 34.9 Å². The Morgan fingerprint density at radius 3 is 2.14 bits per heavy atom. The molecule has 0 amide bonds. The summed E-state index contributed by atoms with van der Waals surface area (Å²) in [4.78, 5) is 0. The van der Waals surface area contributed by atoms with Gasteiger partial charge in [-0.3, -0.25) is 0 Å². The molecule has 112 valence electrons. The summed E-state index contributed by atoms with van der Waals surface area (Å²) in [6.45, 7) is 2.48. The molecule has 1 aromatic heterocycles. The minimum absolute atomic E-state index is 0.235. The summed E-state index contributed by atoms with van der Waals surface area (Å²) >= 11 is 0. The number of nitrogens with zero attached hydrogens (tertiary/aromatic N) is 3. The fourth-order valence-corrected chi connectivity index (χ4v) is 2.33. The number of aromatic nitrogens is 3. The Labute approximate surface area is 115 Å². The van der Waals surface area contributed by atoms with Gasteiger partial charge in [0, 0.05) is 13.1 Å². The molecule has 2 heterocycles. The van der Waals surface area contributed by atoms with E-state index in [2.05, 4.69) is 15.5 Å². The van der Waals surface area contributed by atoms with E-state index in [0.29, 0.717) is 12.4 Å². The molecule has 1 aliphatic heterocycles. The summed E-state index contributed by atoms with van der Waals surface area (Å²) in [5.74, 6) is -10.00. The summed E-state index contributed by atoms with van der Waals surface area (Å²) in [7, 11) is 0. The molecule has 0 fully saturated rings. The lowest BCUT2D eigenvalue weighted by atomic mass is 10.1. The van der Waals surface area contributed by atoms with Gasteiger partial charge in [0.15, 0.2) is 29.1 Å². The van der Waals surface area contributed by atoms with E-state index in [1.165, 1.54) is 4.57 Å². The SMILES string of the molecule is CC1NCCn2c(-c3c(F)c(F)c(F)c(F)c3F)nnc21. The molecule has 0 saturated carbocycles. The first kappa shape index (κ1) is 13.9. The van der Waals surface area contributed by atoms with Gasteiger partial charge in [-0.05, 0) is 6.92 Å². The topological polar surface area (TPSA) is 42.7 Å². The maximum atomic E-state index is 13.8. The van der Waals surface area contributed by atoms with Crippen LogP contribution in [-0.4, -0.2) is 21.3 Å². The zero-order valence-corrected chi connectivity index (χ0v) is 10.7. The van der Waals surface area contributed by atoms with Crippen molar-refractivity contribution in [3.63, 3.8) is 0 Å². The summed E-state index contributed by atoms with van der Waals surface area (Å²) < 4.78 is 68.6. The highest BCUT2D eigenvalue weighted by Crippen LogP contribution is 2.32. The van der Waals surface area contributed by atoms with Crippen LogP contribution in [-0.2, 0) is 6.54 Å². The molecule has 9 heteroatoms. The average molecular weight is 304 g/mol. The van der Waals surface area contributed by atoms with Gasteiger partial charge in [-0.25, -0.2) is 22.0 Å². The summed E-state index contributed by atoms with van der Waals surface area (Å²) in [5.41, 5.74) is -1.06. The second-order valence-electron chi connectivity index (χ2n) is 4.65. The molecule has 1 atom stereocenters. The largest absolute Gasteiger partial charge is 0.308 e. The van der Waals surface area contributed by atoms with Crippen molar-refractivity contribution in [3.8, 4) is 11.4 Å². The maximum Gasteiger partial charge on any atom is 0.200 e. The molecule has 1 aliphatic rings. The van der Waals surface area contributed by atoms with Gasteiger partial charge in [0.25, 0.3) is 0 Å². The van der Waals surface area contributed by atoms with Gasteiger partial charge in [0.05, 0.1) is 11.6 Å². The zero-order chi connectivity index (χ0) is 15.3. The van der Waals surface area contributed by atoms with Crippen molar-refractivity contribution in [2.75, 3.05) is 6.54 Å². The highest BCUT2D eigenvalue weighted by molar-refractivity contribution is 5.58. The third-order valence-electron chi connectivity index (χ3n) is 3.39. The molecule has 0 bridgehead atoms. The van der Waals surface area contributed by atoms with E-state index in [4.69, 9.17) is 0 Å². The van der Waals surface area contributed by atoms with Gasteiger partial charge >= 0.3 is 0 Å². The highest BCUT2D eigenvalue weighted by Gasteiger charge is 2.31. The molecule has 0 saturated heterocycles. The minimum Gasteiger partial charge on any atom is -0.308 e. The fraction of sp³-hybridized carbons (Fsp3) is 0.333. The highest BCUT2D eigenvalue weighted by atomic mass is 19.2. The van der Waals surface area contributed by atoms with Crippen LogP contribution in [0, 0.1) is 29.1 Å². The number of benzene rings is 1. The van der Waals surface area contributed by atoms with Crippen LogP contribution >= 0.6 is 0 Å². The van der Waals surface area contributed by atoms with Crippen LogP contribution in [0.15, 0.2) is 0 Å². The predicted molar refractivity (Wildman–Crippen MR) is 61.7 cm³/mol. The Hall–Kier alpha value is -2.03. The second-order valence-corrected chi connectivity index (χ2v) is 4.65. The van der Waals surface area contributed by atoms with Crippen LogP contribution in [0.5, 0.6) is 0 Å². The van der Waals surface area contributed by atoms with Crippen LogP contribution in [0.25, 0.3) is 11.4 Å². The van der Waals surface area contributed by atoms with Crippen LogP contribution in [0.4, 0.5) is 22.0 Å². The lowest BCUT2D eigenvalue weighted by Crippen LogP contribution is -2.32. The Balaban J connectivity index is 2.28. The van der Waals surface area contributed by atoms with E-state index in [-0.39, 0.29) is 18.4 Å². The van der Waals surface area contributed by atoms with E-state index in [0.717, 1.165) is 0 Å². The number of fused-ring (bicyclic) bond motifs is 1. The van der Waals surface area contributed by atoms with Gasteiger partial charge in [0.2, 0.25) is 5.82 Å². The molecule has 1 unspecified atom stereocenters. The van der Waals surface area contributed by atoms with E-state index >= 15 is 0 Å². The quantitative estimate of drug-likeness (QED) is 0.499. The summed E-state index contributed by atoms with van der Waals surface area (Å²) in [5, 5.41) is 10.4. The molecular formula is C12H9F5N4. The molecule has 1 N–H and O–H groups in total. The van der Waals surface area contributed by atoms with Crippen LogP contribution < -0.4 is 5.32 Å². The lowest BCUT2D eigenvalue weighted by molar-refractivity contribution is 0.379. The van der Waals surface area contributed by atoms with Gasteiger partial charge < -0.3 is 9.88 Å². The van der Waals surface area contributed by atoms with Gasteiger partial charge in [-0.2, -0.15) is 0 Å². The molecule has 0 radical (unpaired) electrons. The van der Waals surface area contributed by atoms with Gasteiger partial charge in [-0.15, -0.1) is 10.2 Å². The third-order valence-corrected chi connectivity index (χ3v) is 3.39. The smallest absolute Gasteiger partial charge is 0.200 e. The lowest BCUT2D eigenvalue weighted by Gasteiger charge is -2.22. The third kappa shape index (κ3) is 1.91. The molecule has 4 nitrogen and oxygen atoms in total. The number of rotatable bonds is 1. The molecule has 0 spiro atoms. The number of hydrogen-bond acceptors (Lipinski definition) is 3. The molecule has 0 aliphatic carbocycles. The molecule has 3 rings (SSSR count). The average Bonchev–Trinajstić information content (AvgIpc) is 2.89. The molecular weight excluding hydrogens is 295 g/mol. The van der Waals surface area contributed by atoms with Crippen molar-refractivity contribution in [1.82, 2.24) is 20.1 Å². The van der Waals surface area contributed by atoms with E-state index in [9.17, 15) is 22.0 Å². The maximum absolute atomic E-state index is 13.8. The predicted octanol–water partition coefficient (Wildman–Crippen LogP) is 2.30. The van der Waals surface area contributed by atoms with E-state index in [1.807, 2.05) is 0 Å². The standard InChI is InChI=1S/C12H9F5N4/c1-4-11-19-20-12(21(11)3-2-18-4)5-6(13)8(15)10(17)9(16)7(5)14/h4,18H,2-3H2,1H3. The second kappa shape index (κ2) is 4.76. The first-order valence-electron chi connectivity index (χ1n) is 6.11. The monoisotopic (exact) mass is 304 g/mol. The van der Waals surface area contributed by atoms with Gasteiger partial charge in [0.1, 0.15) is 5.82 Å². The van der Waals surface area contributed by atoms with E-state index < -0.39 is 34.6 Å². The number of nitrogens with one attached hydrogen (secondary N) is 1. The first-order chi connectivity index (χ1) is 9.93. The molecule has 2 aromatic rings. The van der Waals surface area contributed by atoms with Crippen molar-refractivity contribution in [2.24, 2.45) is 0 Å². The summed E-state index contributed by atoms with van der Waals surface area (Å²) in [6.07, 6.45) is 0. The van der Waals surface area contributed by atoms with Crippen molar-refractivity contribution < 1.29 is 22.0 Å². The minimum atomic E-state index is -2.19. The first-order valence-corrected chi connectivity index (χ1v) is 6.11. The Bertz CT molecular complexity index is 698. The van der Waals surface area contributed by atoms with Crippen LogP contribution in [0.2, 0.25) is 0 Å². The van der Waals surface area contributed by atoms with Crippen LogP contribution in [0.1, 0.15) is 18.8 Å². The Morgan fingerprint density at radius 2 is 1.52 bits per heavy atom. The normalized spacial score (nSPS) is 17.9. The number of hydrogen-bond donors (Lipinski definition) is 1. The molecule has 21 heavy (non-hydrogen) atoms.